The molecule has 0 aromatic heterocycles. The zero-order chi connectivity index (χ0) is 24.2. The second-order valence-electron chi connectivity index (χ2n) is 7.90. The molecule has 0 aliphatic carbocycles. The number of hydrogen-bond acceptors (Lipinski definition) is 6. The number of carbonyl (C=O) groups is 2. The molecule has 9 nitrogen and oxygen atoms in total. The number of fused-ring (bicyclic) bond motifs is 1. The number of sulfonamides is 1. The molecular formula is C23H29N3O6S. The van der Waals surface area contributed by atoms with Crippen molar-refractivity contribution in [3.63, 3.8) is 0 Å². The molecule has 2 aromatic rings. The van der Waals surface area contributed by atoms with Crippen LogP contribution in [0.15, 0.2) is 42.5 Å². The Hall–Kier alpha value is -3.27. The highest BCUT2D eigenvalue weighted by molar-refractivity contribution is 7.92. The van der Waals surface area contributed by atoms with Gasteiger partial charge in [0.05, 0.1) is 11.9 Å². The zero-order valence-corrected chi connectivity index (χ0v) is 20.0. The van der Waals surface area contributed by atoms with Gasteiger partial charge in [-0.3, -0.25) is 13.9 Å². The third-order valence-electron chi connectivity index (χ3n) is 5.34. The standard InChI is InChI=1S/C23H29N3O6S/c1-16-6-5-7-18(12-16)14-25(17(2)23(28)24-3)22(27)15-26(33(4,29)30)19-8-9-20-21(13-19)32-11-10-31-20/h5-9,12-13,17H,10-11,14-15H2,1-4H3,(H,24,28). The van der Waals surface area contributed by atoms with Crippen LogP contribution in [0, 0.1) is 6.92 Å². The smallest absolute Gasteiger partial charge is 0.244 e. The van der Waals surface area contributed by atoms with Gasteiger partial charge >= 0.3 is 0 Å². The van der Waals surface area contributed by atoms with E-state index in [2.05, 4.69) is 5.32 Å². The molecule has 1 heterocycles. The van der Waals surface area contributed by atoms with Gasteiger partial charge in [-0.15, -0.1) is 0 Å². The molecule has 1 atom stereocenters. The van der Waals surface area contributed by atoms with Crippen LogP contribution in [0.1, 0.15) is 18.1 Å². The van der Waals surface area contributed by atoms with Crippen molar-refractivity contribution < 1.29 is 27.5 Å². The van der Waals surface area contributed by atoms with Crippen molar-refractivity contribution in [3.05, 3.63) is 53.6 Å². The minimum atomic E-state index is -3.82. The largest absolute Gasteiger partial charge is 0.486 e. The molecule has 0 saturated carbocycles. The van der Waals surface area contributed by atoms with Crippen LogP contribution in [0.3, 0.4) is 0 Å². The number of amides is 2. The molecule has 1 unspecified atom stereocenters. The van der Waals surface area contributed by atoms with Gasteiger partial charge in [-0.25, -0.2) is 8.42 Å². The van der Waals surface area contributed by atoms with Gasteiger partial charge in [-0.2, -0.15) is 0 Å². The van der Waals surface area contributed by atoms with Gasteiger partial charge in [0.1, 0.15) is 25.8 Å². The van der Waals surface area contributed by atoms with E-state index in [4.69, 9.17) is 9.47 Å². The molecule has 3 rings (SSSR count). The van der Waals surface area contributed by atoms with E-state index in [1.165, 1.54) is 18.0 Å². The molecule has 0 bridgehead atoms. The quantitative estimate of drug-likeness (QED) is 0.623. The van der Waals surface area contributed by atoms with Crippen LogP contribution in [0.4, 0.5) is 5.69 Å². The predicted molar refractivity (Wildman–Crippen MR) is 125 cm³/mol. The van der Waals surface area contributed by atoms with Crippen LogP contribution >= 0.6 is 0 Å². The molecule has 0 spiro atoms. The van der Waals surface area contributed by atoms with Gasteiger partial charge in [-0.05, 0) is 31.5 Å². The molecule has 0 radical (unpaired) electrons. The van der Waals surface area contributed by atoms with Crippen LogP contribution in [0.25, 0.3) is 0 Å². The van der Waals surface area contributed by atoms with Crippen LogP contribution < -0.4 is 19.1 Å². The van der Waals surface area contributed by atoms with E-state index >= 15 is 0 Å². The summed E-state index contributed by atoms with van der Waals surface area (Å²) in [7, 11) is -2.32. The number of anilines is 1. The van der Waals surface area contributed by atoms with Crippen LogP contribution in [0.5, 0.6) is 11.5 Å². The van der Waals surface area contributed by atoms with Crippen molar-refractivity contribution in [2.24, 2.45) is 0 Å². The Morgan fingerprint density at radius 3 is 2.42 bits per heavy atom. The number of nitrogens with zero attached hydrogens (tertiary/aromatic N) is 2. The first-order valence-electron chi connectivity index (χ1n) is 10.5. The highest BCUT2D eigenvalue weighted by Crippen LogP contribution is 2.34. The maximum Gasteiger partial charge on any atom is 0.244 e. The van der Waals surface area contributed by atoms with Crippen molar-refractivity contribution in [2.45, 2.75) is 26.4 Å². The molecular weight excluding hydrogens is 446 g/mol. The third kappa shape index (κ3) is 5.95. The van der Waals surface area contributed by atoms with Crippen LogP contribution in [-0.4, -0.2) is 64.2 Å². The minimum absolute atomic E-state index is 0.161. The van der Waals surface area contributed by atoms with Crippen molar-refractivity contribution in [2.75, 3.05) is 37.4 Å². The van der Waals surface area contributed by atoms with Gasteiger partial charge in [0.25, 0.3) is 0 Å². The number of benzene rings is 2. The van der Waals surface area contributed by atoms with Gasteiger partial charge in [-0.1, -0.05) is 29.8 Å². The molecule has 1 aliphatic rings. The lowest BCUT2D eigenvalue weighted by Crippen LogP contribution is -2.50. The topological polar surface area (TPSA) is 105 Å². The first-order valence-corrected chi connectivity index (χ1v) is 12.4. The first-order chi connectivity index (χ1) is 15.6. The molecule has 0 saturated heterocycles. The van der Waals surface area contributed by atoms with E-state index in [9.17, 15) is 18.0 Å². The Morgan fingerprint density at radius 1 is 1.09 bits per heavy atom. The number of nitrogens with one attached hydrogen (secondary N) is 1. The minimum Gasteiger partial charge on any atom is -0.486 e. The fraction of sp³-hybridized carbons (Fsp3) is 0.391. The number of likely N-dealkylation sites (N-methyl/N-ethyl adjacent to an activating group) is 1. The lowest BCUT2D eigenvalue weighted by molar-refractivity contribution is -0.139. The maximum atomic E-state index is 13.4. The average molecular weight is 476 g/mol. The summed E-state index contributed by atoms with van der Waals surface area (Å²) in [6.07, 6.45) is 1.03. The summed E-state index contributed by atoms with van der Waals surface area (Å²) in [6, 6.07) is 11.5. The molecule has 1 N–H and O–H groups in total. The van der Waals surface area contributed by atoms with Gasteiger partial charge in [0.2, 0.25) is 21.8 Å². The van der Waals surface area contributed by atoms with E-state index < -0.39 is 28.5 Å². The van der Waals surface area contributed by atoms with Crippen LogP contribution in [0.2, 0.25) is 0 Å². The fourth-order valence-corrected chi connectivity index (χ4v) is 4.44. The van der Waals surface area contributed by atoms with Gasteiger partial charge in [0.15, 0.2) is 11.5 Å². The number of hydrogen-bond donors (Lipinski definition) is 1. The van der Waals surface area contributed by atoms with Gasteiger partial charge in [0, 0.05) is 19.7 Å². The Kier molecular flexibility index (Phi) is 7.47. The van der Waals surface area contributed by atoms with Crippen molar-refractivity contribution in [1.29, 1.82) is 0 Å². The third-order valence-corrected chi connectivity index (χ3v) is 6.48. The monoisotopic (exact) mass is 475 g/mol. The summed E-state index contributed by atoms with van der Waals surface area (Å²) in [5.74, 6) is 0.0726. The summed E-state index contributed by atoms with van der Waals surface area (Å²) < 4.78 is 37.3. The molecule has 10 heteroatoms. The molecule has 0 fully saturated rings. The number of aryl methyl sites for hydroxylation is 1. The second kappa shape index (κ2) is 10.1. The molecule has 178 valence electrons. The summed E-state index contributed by atoms with van der Waals surface area (Å²) >= 11 is 0. The van der Waals surface area contributed by atoms with E-state index in [0.29, 0.717) is 24.7 Å². The highest BCUT2D eigenvalue weighted by Gasteiger charge is 2.30. The summed E-state index contributed by atoms with van der Waals surface area (Å²) in [4.78, 5) is 27.1. The summed E-state index contributed by atoms with van der Waals surface area (Å²) in [6.45, 7) is 4.00. The Bertz CT molecular complexity index is 1130. The van der Waals surface area contributed by atoms with Crippen LogP contribution in [-0.2, 0) is 26.2 Å². The van der Waals surface area contributed by atoms with Crippen molar-refractivity contribution in [3.8, 4) is 11.5 Å². The number of rotatable bonds is 8. The lowest BCUT2D eigenvalue weighted by atomic mass is 10.1. The predicted octanol–water partition coefficient (Wildman–Crippen LogP) is 1.70. The number of ether oxygens (including phenoxy) is 2. The van der Waals surface area contributed by atoms with E-state index in [1.54, 1.807) is 19.1 Å². The molecule has 2 aromatic carbocycles. The normalized spacial score (nSPS) is 13.7. The zero-order valence-electron chi connectivity index (χ0n) is 19.2. The van der Waals surface area contributed by atoms with E-state index in [1.807, 2.05) is 31.2 Å². The van der Waals surface area contributed by atoms with E-state index in [0.717, 1.165) is 21.7 Å². The molecule has 1 aliphatic heterocycles. The Morgan fingerprint density at radius 2 is 1.79 bits per heavy atom. The molecule has 2 amide bonds. The molecule has 33 heavy (non-hydrogen) atoms. The summed E-state index contributed by atoms with van der Waals surface area (Å²) in [5, 5.41) is 2.55. The lowest BCUT2D eigenvalue weighted by Gasteiger charge is -2.31. The SMILES string of the molecule is CNC(=O)C(C)N(Cc1cccc(C)c1)C(=O)CN(c1ccc2c(c1)OCCO2)S(C)(=O)=O. The first kappa shape index (κ1) is 24.4. The average Bonchev–Trinajstić information content (AvgIpc) is 2.78. The summed E-state index contributed by atoms with van der Waals surface area (Å²) in [5.41, 5.74) is 2.13. The van der Waals surface area contributed by atoms with Crippen molar-refractivity contribution >= 4 is 27.5 Å². The Balaban J connectivity index is 1.92. The fourth-order valence-electron chi connectivity index (χ4n) is 3.60. The maximum absolute atomic E-state index is 13.4. The Labute approximate surface area is 194 Å². The van der Waals surface area contributed by atoms with Gasteiger partial charge < -0.3 is 19.7 Å². The van der Waals surface area contributed by atoms with Crippen molar-refractivity contribution in [1.82, 2.24) is 10.2 Å². The number of carbonyl (C=O) groups excluding carboxylic acids is 2. The second-order valence-corrected chi connectivity index (χ2v) is 9.81. The van der Waals surface area contributed by atoms with E-state index in [-0.39, 0.29) is 18.1 Å². The highest BCUT2D eigenvalue weighted by atomic mass is 32.2.